The zero-order valence-corrected chi connectivity index (χ0v) is 16.6. The van der Waals surface area contributed by atoms with Gasteiger partial charge in [0.15, 0.2) is 17.7 Å². The van der Waals surface area contributed by atoms with Crippen molar-refractivity contribution in [2.24, 2.45) is 10.8 Å². The number of carbonyl (C=O) groups excluding carboxylic acids is 3. The molecule has 1 saturated heterocycles. The summed E-state index contributed by atoms with van der Waals surface area (Å²) in [5.41, 5.74) is -2.62. The van der Waals surface area contributed by atoms with E-state index < -0.39 is 51.7 Å². The highest BCUT2D eigenvalue weighted by molar-refractivity contribution is 8.00. The van der Waals surface area contributed by atoms with Crippen molar-refractivity contribution in [1.29, 1.82) is 0 Å². The summed E-state index contributed by atoms with van der Waals surface area (Å²) in [7, 11) is 0. The van der Waals surface area contributed by atoms with Crippen molar-refractivity contribution in [3.63, 3.8) is 0 Å². The van der Waals surface area contributed by atoms with Gasteiger partial charge in [-0.3, -0.25) is 14.4 Å². The monoisotopic (exact) mass is 378 g/mol. The quantitative estimate of drug-likeness (QED) is 0.550. The summed E-state index contributed by atoms with van der Waals surface area (Å²) in [6, 6.07) is 0. The number of thioether (sulfide) groups is 1. The Hall–Kier alpha value is -1.31. The molecule has 4 atom stereocenters. The maximum Gasteiger partial charge on any atom is 0.311 e. The molecule has 8 heteroatoms. The van der Waals surface area contributed by atoms with E-state index in [0.29, 0.717) is 0 Å². The van der Waals surface area contributed by atoms with E-state index in [9.17, 15) is 18.8 Å². The molecule has 0 aromatic rings. The molecular formula is C17H27FO6S. The summed E-state index contributed by atoms with van der Waals surface area (Å²) in [6.45, 7) is 11.1. The van der Waals surface area contributed by atoms with Crippen molar-refractivity contribution in [3.8, 4) is 0 Å². The second-order valence-corrected chi connectivity index (χ2v) is 9.41. The van der Waals surface area contributed by atoms with Gasteiger partial charge in [0.1, 0.15) is 6.61 Å². The van der Waals surface area contributed by atoms with Crippen LogP contribution in [0.15, 0.2) is 0 Å². The van der Waals surface area contributed by atoms with Crippen molar-refractivity contribution in [1.82, 2.24) is 0 Å². The fourth-order valence-electron chi connectivity index (χ4n) is 1.89. The van der Waals surface area contributed by atoms with Crippen LogP contribution >= 0.6 is 11.8 Å². The Morgan fingerprint density at radius 3 is 1.92 bits per heavy atom. The number of hydrogen-bond donors (Lipinski definition) is 0. The largest absolute Gasteiger partial charge is 0.464 e. The molecule has 0 aromatic carbocycles. The van der Waals surface area contributed by atoms with Crippen LogP contribution in [0, 0.1) is 10.8 Å². The van der Waals surface area contributed by atoms with Gasteiger partial charge in [0.05, 0.1) is 16.1 Å². The number of hydrogen-bond acceptors (Lipinski definition) is 7. The van der Waals surface area contributed by atoms with E-state index in [4.69, 9.17) is 14.2 Å². The highest BCUT2D eigenvalue weighted by Crippen LogP contribution is 2.40. The third-order valence-corrected chi connectivity index (χ3v) is 4.76. The van der Waals surface area contributed by atoms with Crippen LogP contribution in [0.1, 0.15) is 48.5 Å². The summed E-state index contributed by atoms with van der Waals surface area (Å²) in [6.07, 6.45) is -2.85. The van der Waals surface area contributed by atoms with Gasteiger partial charge >= 0.3 is 17.9 Å². The highest BCUT2D eigenvalue weighted by atomic mass is 32.2. The summed E-state index contributed by atoms with van der Waals surface area (Å²) in [5, 5.41) is -0.656. The van der Waals surface area contributed by atoms with Crippen molar-refractivity contribution < 1.29 is 33.0 Å². The molecule has 0 radical (unpaired) electrons. The first-order valence-electron chi connectivity index (χ1n) is 8.08. The molecule has 0 amide bonds. The predicted octanol–water partition coefficient (Wildman–Crippen LogP) is 2.88. The molecule has 6 nitrogen and oxygen atoms in total. The van der Waals surface area contributed by atoms with Crippen LogP contribution in [-0.2, 0) is 28.6 Å². The minimum Gasteiger partial charge on any atom is -0.464 e. The van der Waals surface area contributed by atoms with Gasteiger partial charge in [0.2, 0.25) is 0 Å². The average molecular weight is 378 g/mol. The van der Waals surface area contributed by atoms with Crippen molar-refractivity contribution >= 4 is 29.7 Å². The fraction of sp³-hybridized carbons (Fsp3) is 0.824. The second-order valence-electron chi connectivity index (χ2n) is 8.07. The molecule has 1 rings (SSSR count). The Morgan fingerprint density at radius 1 is 0.960 bits per heavy atom. The zero-order chi connectivity index (χ0) is 19.6. The average Bonchev–Trinajstić information content (AvgIpc) is 2.70. The van der Waals surface area contributed by atoms with Crippen LogP contribution in [-0.4, -0.2) is 47.5 Å². The number of alkyl halides is 1. The maximum atomic E-state index is 14.7. The summed E-state index contributed by atoms with van der Waals surface area (Å²) >= 11 is 0.988. The Kier molecular flexibility index (Phi) is 6.89. The molecule has 1 heterocycles. The predicted molar refractivity (Wildman–Crippen MR) is 91.6 cm³/mol. The topological polar surface area (TPSA) is 78.9 Å². The maximum absolute atomic E-state index is 14.7. The van der Waals surface area contributed by atoms with E-state index in [0.717, 1.165) is 11.8 Å². The summed E-state index contributed by atoms with van der Waals surface area (Å²) in [5.74, 6) is -1.65. The van der Waals surface area contributed by atoms with Gasteiger partial charge in [0, 0.05) is 6.92 Å². The molecule has 0 spiro atoms. The molecule has 0 N–H and O–H groups in total. The lowest BCUT2D eigenvalue weighted by Crippen LogP contribution is -2.40. The van der Waals surface area contributed by atoms with Crippen LogP contribution in [0.4, 0.5) is 4.39 Å². The van der Waals surface area contributed by atoms with Crippen LogP contribution in [0.5, 0.6) is 0 Å². The first kappa shape index (κ1) is 21.7. The number of halogens is 1. The molecule has 1 fully saturated rings. The van der Waals surface area contributed by atoms with E-state index >= 15 is 0 Å². The van der Waals surface area contributed by atoms with E-state index in [1.165, 1.54) is 6.92 Å². The van der Waals surface area contributed by atoms with E-state index in [1.807, 2.05) is 0 Å². The molecule has 0 bridgehead atoms. The molecule has 144 valence electrons. The first-order chi connectivity index (χ1) is 11.2. The SMILES string of the molecule is CC(=O)OC1S[C@H](COC(=O)C(C)(C)C)[C@@H](OC(=O)C(C)(C)C)[C@@H]1F. The van der Waals surface area contributed by atoms with E-state index in [1.54, 1.807) is 41.5 Å². The fourth-order valence-corrected chi connectivity index (χ4v) is 3.24. The molecule has 1 aliphatic heterocycles. The Morgan fingerprint density at radius 2 is 1.48 bits per heavy atom. The van der Waals surface area contributed by atoms with Gasteiger partial charge < -0.3 is 14.2 Å². The Balaban J connectivity index is 2.87. The number of esters is 3. The third-order valence-electron chi connectivity index (χ3n) is 3.38. The van der Waals surface area contributed by atoms with Crippen LogP contribution in [0.2, 0.25) is 0 Å². The minimum atomic E-state index is -1.70. The van der Waals surface area contributed by atoms with Crippen LogP contribution in [0.3, 0.4) is 0 Å². The molecule has 25 heavy (non-hydrogen) atoms. The van der Waals surface area contributed by atoms with Gasteiger partial charge in [-0.1, -0.05) is 0 Å². The minimum absolute atomic E-state index is 0.138. The lowest BCUT2D eigenvalue weighted by atomic mass is 9.97. The summed E-state index contributed by atoms with van der Waals surface area (Å²) < 4.78 is 30.1. The van der Waals surface area contributed by atoms with Crippen LogP contribution < -0.4 is 0 Å². The first-order valence-corrected chi connectivity index (χ1v) is 9.03. The van der Waals surface area contributed by atoms with Gasteiger partial charge in [-0.2, -0.15) is 0 Å². The van der Waals surface area contributed by atoms with Crippen LogP contribution in [0.25, 0.3) is 0 Å². The smallest absolute Gasteiger partial charge is 0.311 e. The van der Waals surface area contributed by atoms with E-state index in [-0.39, 0.29) is 6.61 Å². The lowest BCUT2D eigenvalue weighted by Gasteiger charge is -2.25. The highest BCUT2D eigenvalue weighted by Gasteiger charge is 2.50. The third kappa shape index (κ3) is 6.17. The van der Waals surface area contributed by atoms with Gasteiger partial charge in [-0.05, 0) is 41.5 Å². The number of carbonyl (C=O) groups is 3. The van der Waals surface area contributed by atoms with Crippen molar-refractivity contribution in [2.75, 3.05) is 6.61 Å². The molecule has 0 saturated carbocycles. The lowest BCUT2D eigenvalue weighted by molar-refractivity contribution is -0.165. The normalized spacial score (nSPS) is 26.9. The second kappa shape index (κ2) is 7.93. The summed E-state index contributed by atoms with van der Waals surface area (Å²) in [4.78, 5) is 35.2. The van der Waals surface area contributed by atoms with Gasteiger partial charge in [0.25, 0.3) is 0 Å². The standard InChI is InChI=1S/C17H27FO6S/c1-9(19)23-13-11(18)12(24-15(21)17(5,6)7)10(25-13)8-22-14(20)16(2,3)4/h10-13H,8H2,1-7H3/t10-,11+,12-,13?/m1/s1. The van der Waals surface area contributed by atoms with Gasteiger partial charge in [-0.25, -0.2) is 4.39 Å². The Bertz CT molecular complexity index is 522. The van der Waals surface area contributed by atoms with E-state index in [2.05, 4.69) is 0 Å². The molecule has 0 aromatic heterocycles. The zero-order valence-electron chi connectivity index (χ0n) is 15.8. The number of rotatable bonds is 4. The number of ether oxygens (including phenoxy) is 3. The molecule has 0 aliphatic carbocycles. The van der Waals surface area contributed by atoms with Crippen molar-refractivity contribution in [3.05, 3.63) is 0 Å². The molecular weight excluding hydrogens is 351 g/mol. The Labute approximate surface area is 152 Å². The molecule has 1 unspecified atom stereocenters. The van der Waals surface area contributed by atoms with Crippen molar-refractivity contribution in [2.45, 2.75) is 71.4 Å². The molecule has 1 aliphatic rings. The van der Waals surface area contributed by atoms with Gasteiger partial charge in [-0.15, -0.1) is 11.8 Å².